The van der Waals surface area contributed by atoms with E-state index in [1.54, 1.807) is 13.8 Å². The summed E-state index contributed by atoms with van der Waals surface area (Å²) in [5.41, 5.74) is 6.01. The topological polar surface area (TPSA) is 113 Å². The number of hydrogen-bond donors (Lipinski definition) is 3. The summed E-state index contributed by atoms with van der Waals surface area (Å²) in [6.07, 6.45) is 8.26. The van der Waals surface area contributed by atoms with Gasteiger partial charge < -0.3 is 21.1 Å². The van der Waals surface area contributed by atoms with Crippen LogP contribution in [0.3, 0.4) is 0 Å². The predicted octanol–water partition coefficient (Wildman–Crippen LogP) is 0.0777. The molecule has 0 aromatic heterocycles. The maximum atomic E-state index is 12.4. The normalized spacial score (nSPS) is 34.5. The molecule has 1 aliphatic carbocycles. The molecule has 24 heavy (non-hydrogen) atoms. The molecule has 2 saturated heterocycles. The largest absolute Gasteiger partial charge is 0.480 e. The molecule has 0 aromatic rings. The molecule has 2 aliphatic heterocycles. The quantitative estimate of drug-likeness (QED) is 0.618. The Bertz CT molecular complexity index is 645. The van der Waals surface area contributed by atoms with Crippen molar-refractivity contribution in [1.29, 1.82) is 0 Å². The summed E-state index contributed by atoms with van der Waals surface area (Å²) in [6, 6.07) is -2.32. The molecule has 130 valence electrons. The van der Waals surface area contributed by atoms with Crippen LogP contribution in [-0.4, -0.2) is 56.0 Å². The zero-order chi connectivity index (χ0) is 17.6. The molecule has 0 radical (unpaired) electrons. The number of amides is 2. The van der Waals surface area contributed by atoms with Gasteiger partial charge in [0, 0.05) is 10.7 Å². The van der Waals surface area contributed by atoms with Crippen LogP contribution in [0.25, 0.3) is 0 Å². The SMILES string of the molecule is CC1(C)S[C@@H]2[C@H](NC(=O)C(N)C3C=CC=CC3)C(=O)N2C1C(=O)O. The van der Waals surface area contributed by atoms with Crippen molar-refractivity contribution in [2.45, 2.75) is 48.5 Å². The number of carbonyl (C=O) groups is 3. The number of nitrogens with one attached hydrogen (secondary N) is 1. The van der Waals surface area contributed by atoms with Gasteiger partial charge in [-0.3, -0.25) is 9.59 Å². The lowest BCUT2D eigenvalue weighted by Gasteiger charge is -2.44. The summed E-state index contributed by atoms with van der Waals surface area (Å²) in [4.78, 5) is 37.5. The molecule has 0 saturated carbocycles. The van der Waals surface area contributed by atoms with Gasteiger partial charge in [0.15, 0.2) is 0 Å². The summed E-state index contributed by atoms with van der Waals surface area (Å²) >= 11 is 1.40. The van der Waals surface area contributed by atoms with E-state index in [4.69, 9.17) is 5.73 Å². The molecular formula is C16H21N3O4S. The number of thioether (sulfide) groups is 1. The Morgan fingerprint density at radius 2 is 2.17 bits per heavy atom. The van der Waals surface area contributed by atoms with Gasteiger partial charge in [-0.2, -0.15) is 0 Å². The molecule has 2 heterocycles. The lowest BCUT2D eigenvalue weighted by Crippen LogP contribution is -2.71. The fourth-order valence-electron chi connectivity index (χ4n) is 3.46. The van der Waals surface area contributed by atoms with Crippen LogP contribution in [-0.2, 0) is 14.4 Å². The third-order valence-electron chi connectivity index (χ3n) is 4.75. The molecule has 5 atom stereocenters. The van der Waals surface area contributed by atoms with Crippen LogP contribution in [0.1, 0.15) is 20.3 Å². The smallest absolute Gasteiger partial charge is 0.327 e. The molecule has 7 nitrogen and oxygen atoms in total. The van der Waals surface area contributed by atoms with Crippen molar-refractivity contribution in [2.24, 2.45) is 11.7 Å². The van der Waals surface area contributed by atoms with Crippen molar-refractivity contribution in [3.05, 3.63) is 24.3 Å². The van der Waals surface area contributed by atoms with Gasteiger partial charge in [0.05, 0.1) is 6.04 Å². The Morgan fingerprint density at radius 3 is 2.75 bits per heavy atom. The minimum Gasteiger partial charge on any atom is -0.480 e. The van der Waals surface area contributed by atoms with Crippen molar-refractivity contribution in [1.82, 2.24) is 10.2 Å². The van der Waals surface area contributed by atoms with Gasteiger partial charge in [-0.15, -0.1) is 11.8 Å². The third kappa shape index (κ3) is 2.63. The van der Waals surface area contributed by atoms with Gasteiger partial charge in [0.1, 0.15) is 17.5 Å². The third-order valence-corrected chi connectivity index (χ3v) is 6.32. The number of nitrogens with zero attached hydrogens (tertiary/aromatic N) is 1. The number of β-lactam (4-membered cyclic amide) rings is 1. The Morgan fingerprint density at radius 1 is 1.46 bits per heavy atom. The molecule has 0 aromatic carbocycles. The molecule has 0 bridgehead atoms. The Kier molecular flexibility index (Phi) is 4.21. The highest BCUT2D eigenvalue weighted by Crippen LogP contribution is 2.50. The zero-order valence-corrected chi connectivity index (χ0v) is 14.3. The standard InChI is InChI=1S/C16H21N3O4S/c1-16(2)11(15(22)23)19-13(21)10(14(19)24-16)18-12(20)9(17)8-6-4-3-5-7-8/h3-6,8-11,14H,7,17H2,1-2H3,(H,18,20)(H,22,23)/t8?,9?,10-,11?,14-/m1/s1. The zero-order valence-electron chi connectivity index (χ0n) is 13.5. The van der Waals surface area contributed by atoms with Gasteiger partial charge in [-0.25, -0.2) is 4.79 Å². The van der Waals surface area contributed by atoms with Crippen LogP contribution in [0.2, 0.25) is 0 Å². The number of carboxylic acid groups (broad SMARTS) is 1. The fraction of sp³-hybridized carbons (Fsp3) is 0.562. The van der Waals surface area contributed by atoms with Crippen LogP contribution in [0.5, 0.6) is 0 Å². The summed E-state index contributed by atoms with van der Waals surface area (Å²) in [7, 11) is 0. The predicted molar refractivity (Wildman–Crippen MR) is 90.0 cm³/mol. The minimum atomic E-state index is -1.02. The van der Waals surface area contributed by atoms with Crippen LogP contribution >= 0.6 is 11.8 Å². The van der Waals surface area contributed by atoms with Gasteiger partial charge >= 0.3 is 5.97 Å². The maximum absolute atomic E-state index is 12.4. The van der Waals surface area contributed by atoms with E-state index in [1.165, 1.54) is 16.7 Å². The van der Waals surface area contributed by atoms with E-state index >= 15 is 0 Å². The van der Waals surface area contributed by atoms with E-state index in [0.29, 0.717) is 6.42 Å². The minimum absolute atomic E-state index is 0.0966. The van der Waals surface area contributed by atoms with Crippen LogP contribution in [0.15, 0.2) is 24.3 Å². The van der Waals surface area contributed by atoms with Crippen LogP contribution < -0.4 is 11.1 Å². The molecule has 2 fully saturated rings. The van der Waals surface area contributed by atoms with Crippen LogP contribution in [0, 0.1) is 5.92 Å². The molecule has 0 spiro atoms. The number of nitrogens with two attached hydrogens (primary N) is 1. The molecule has 4 N–H and O–H groups in total. The molecule has 8 heteroatoms. The summed E-state index contributed by atoms with van der Waals surface area (Å²) in [5.74, 6) is -1.86. The number of allylic oxidation sites excluding steroid dienone is 3. The highest BCUT2D eigenvalue weighted by atomic mass is 32.2. The number of fused-ring (bicyclic) bond motifs is 1. The molecule has 3 unspecified atom stereocenters. The van der Waals surface area contributed by atoms with E-state index in [0.717, 1.165) is 0 Å². The van der Waals surface area contributed by atoms with E-state index in [-0.39, 0.29) is 23.1 Å². The fourth-order valence-corrected chi connectivity index (χ4v) is 5.08. The van der Waals surface area contributed by atoms with Gasteiger partial charge in [-0.05, 0) is 20.3 Å². The van der Waals surface area contributed by atoms with Crippen molar-refractivity contribution in [3.8, 4) is 0 Å². The first kappa shape index (κ1) is 17.0. The number of carboxylic acids is 1. The highest BCUT2D eigenvalue weighted by Gasteiger charge is 2.64. The average Bonchev–Trinajstić information content (AvgIpc) is 2.80. The Balaban J connectivity index is 1.66. The van der Waals surface area contributed by atoms with E-state index in [2.05, 4.69) is 5.32 Å². The lowest BCUT2D eigenvalue weighted by atomic mass is 9.92. The summed E-state index contributed by atoms with van der Waals surface area (Å²) in [6.45, 7) is 3.59. The van der Waals surface area contributed by atoms with Crippen LogP contribution in [0.4, 0.5) is 0 Å². The number of carbonyl (C=O) groups excluding carboxylic acids is 2. The first-order valence-corrected chi connectivity index (χ1v) is 8.74. The Hall–Kier alpha value is -1.80. The number of aliphatic carboxylic acids is 1. The number of rotatable bonds is 4. The van der Waals surface area contributed by atoms with Crippen molar-refractivity contribution in [2.75, 3.05) is 0 Å². The Labute approximate surface area is 144 Å². The first-order valence-electron chi connectivity index (χ1n) is 7.86. The van der Waals surface area contributed by atoms with E-state index in [1.807, 2.05) is 24.3 Å². The van der Waals surface area contributed by atoms with Gasteiger partial charge in [-0.1, -0.05) is 24.3 Å². The number of hydrogen-bond acceptors (Lipinski definition) is 5. The van der Waals surface area contributed by atoms with E-state index in [9.17, 15) is 19.5 Å². The molecule has 2 amide bonds. The van der Waals surface area contributed by atoms with Crippen molar-refractivity contribution >= 4 is 29.5 Å². The lowest BCUT2D eigenvalue weighted by molar-refractivity contribution is -0.161. The molecular weight excluding hydrogens is 330 g/mol. The van der Waals surface area contributed by atoms with Gasteiger partial charge in [0.2, 0.25) is 11.8 Å². The second kappa shape index (κ2) is 5.93. The monoisotopic (exact) mass is 351 g/mol. The second-order valence-corrected chi connectivity index (χ2v) is 8.59. The summed E-state index contributed by atoms with van der Waals surface area (Å²) < 4.78 is -0.606. The first-order chi connectivity index (χ1) is 11.2. The molecule has 3 rings (SSSR count). The van der Waals surface area contributed by atoms with E-state index < -0.39 is 28.8 Å². The van der Waals surface area contributed by atoms with Gasteiger partial charge in [0.25, 0.3) is 0 Å². The second-order valence-electron chi connectivity index (χ2n) is 6.82. The highest BCUT2D eigenvalue weighted by molar-refractivity contribution is 8.01. The average molecular weight is 351 g/mol. The molecule has 3 aliphatic rings. The van der Waals surface area contributed by atoms with Crippen molar-refractivity contribution < 1.29 is 19.5 Å². The maximum Gasteiger partial charge on any atom is 0.327 e. The summed E-state index contributed by atoms with van der Waals surface area (Å²) in [5, 5.41) is 11.7. The van der Waals surface area contributed by atoms with Crippen molar-refractivity contribution in [3.63, 3.8) is 0 Å².